The Balaban J connectivity index is 1.56. The Kier molecular flexibility index (Phi) is 5.39. The number of hydrogen-bond acceptors (Lipinski definition) is 5. The molecule has 0 atom stereocenters. The summed E-state index contributed by atoms with van der Waals surface area (Å²) in [5, 5.41) is 0.897. The van der Waals surface area contributed by atoms with Crippen molar-refractivity contribution in [3.05, 3.63) is 51.9 Å². The zero-order chi connectivity index (χ0) is 20.5. The van der Waals surface area contributed by atoms with Crippen molar-refractivity contribution in [1.82, 2.24) is 4.90 Å². The maximum Gasteiger partial charge on any atom is 0.249 e. The summed E-state index contributed by atoms with van der Waals surface area (Å²) in [6, 6.07) is 10.1. The number of nitrogens with zero attached hydrogens (tertiary/aromatic N) is 3. The molecular formula is C23H25N3O3S. The van der Waals surface area contributed by atoms with Crippen LogP contribution in [-0.2, 0) is 27.2 Å². The number of hydrogen-bond donors (Lipinski definition) is 0. The van der Waals surface area contributed by atoms with Crippen molar-refractivity contribution in [2.75, 3.05) is 44.3 Å². The van der Waals surface area contributed by atoms with Gasteiger partial charge in [0.05, 0.1) is 18.9 Å². The lowest BCUT2D eigenvalue weighted by Gasteiger charge is -2.29. The fourth-order valence-electron chi connectivity index (χ4n) is 4.45. The first-order valence-electron chi connectivity index (χ1n) is 10.6. The molecule has 0 saturated carbocycles. The number of amides is 2. The fourth-order valence-corrected chi connectivity index (χ4v) is 5.86. The highest BCUT2D eigenvalue weighted by atomic mass is 32.1. The highest BCUT2D eigenvalue weighted by Crippen LogP contribution is 2.42. The van der Waals surface area contributed by atoms with E-state index in [0.29, 0.717) is 26.3 Å². The smallest absolute Gasteiger partial charge is 0.249 e. The first-order valence-corrected chi connectivity index (χ1v) is 11.4. The van der Waals surface area contributed by atoms with E-state index in [1.165, 1.54) is 16.9 Å². The highest BCUT2D eigenvalue weighted by Gasteiger charge is 2.34. The lowest BCUT2D eigenvalue weighted by molar-refractivity contribution is -0.134. The number of carbonyl (C=O) groups is 2. The molecule has 2 aromatic rings. The SMILES string of the molecule is O=C(CN1C(=O)CN=C(c2ccccc2)c2c1sc1c2CCCC1)N1CCOCC1. The quantitative estimate of drug-likeness (QED) is 0.763. The van der Waals surface area contributed by atoms with Gasteiger partial charge in [0, 0.05) is 29.1 Å². The summed E-state index contributed by atoms with van der Waals surface area (Å²) in [4.78, 5) is 35.7. The molecule has 156 valence electrons. The van der Waals surface area contributed by atoms with Gasteiger partial charge in [0.25, 0.3) is 0 Å². The molecule has 0 spiro atoms. The van der Waals surface area contributed by atoms with Crippen LogP contribution >= 0.6 is 11.3 Å². The predicted octanol–water partition coefficient (Wildman–Crippen LogP) is 2.67. The molecule has 3 aliphatic rings. The molecule has 30 heavy (non-hydrogen) atoms. The minimum absolute atomic E-state index is 0.0212. The van der Waals surface area contributed by atoms with E-state index in [0.717, 1.165) is 41.1 Å². The number of fused-ring (bicyclic) bond motifs is 3. The summed E-state index contributed by atoms with van der Waals surface area (Å²) in [7, 11) is 0. The standard InChI is InChI=1S/C23H25N3O3S/c27-19-14-24-22(16-6-2-1-3-7-16)21-17-8-4-5-9-18(17)30-23(21)26(19)15-20(28)25-10-12-29-13-11-25/h1-3,6-7H,4-5,8-15H2. The highest BCUT2D eigenvalue weighted by molar-refractivity contribution is 7.17. The van der Waals surface area contributed by atoms with E-state index in [1.54, 1.807) is 21.1 Å². The Hall–Kier alpha value is -2.51. The molecular weight excluding hydrogens is 398 g/mol. The first-order chi connectivity index (χ1) is 14.7. The Morgan fingerprint density at radius 1 is 1.10 bits per heavy atom. The van der Waals surface area contributed by atoms with Crippen LogP contribution < -0.4 is 4.90 Å². The number of morpholine rings is 1. The number of carbonyl (C=O) groups excluding carboxylic acids is 2. The van der Waals surface area contributed by atoms with E-state index in [-0.39, 0.29) is 24.9 Å². The average Bonchev–Trinajstić information content (AvgIpc) is 3.11. The van der Waals surface area contributed by atoms with Gasteiger partial charge in [-0.15, -0.1) is 11.3 Å². The molecule has 6 nitrogen and oxygen atoms in total. The summed E-state index contributed by atoms with van der Waals surface area (Å²) >= 11 is 1.68. The van der Waals surface area contributed by atoms with Gasteiger partial charge in [-0.25, -0.2) is 0 Å². The molecule has 0 N–H and O–H groups in total. The molecule has 0 radical (unpaired) electrons. The van der Waals surface area contributed by atoms with Crippen LogP contribution in [0.5, 0.6) is 0 Å². The Bertz CT molecular complexity index is 993. The summed E-state index contributed by atoms with van der Waals surface area (Å²) in [6.45, 7) is 2.42. The Morgan fingerprint density at radius 3 is 2.67 bits per heavy atom. The van der Waals surface area contributed by atoms with Crippen LogP contribution in [0.1, 0.15) is 34.4 Å². The Labute approximate surface area is 180 Å². The number of anilines is 1. The summed E-state index contributed by atoms with van der Waals surface area (Å²) < 4.78 is 5.36. The third-order valence-electron chi connectivity index (χ3n) is 6.01. The van der Waals surface area contributed by atoms with Gasteiger partial charge in [-0.2, -0.15) is 0 Å². The van der Waals surface area contributed by atoms with Gasteiger partial charge in [0.1, 0.15) is 18.1 Å². The lowest BCUT2D eigenvalue weighted by atomic mass is 9.91. The van der Waals surface area contributed by atoms with Crippen LogP contribution in [-0.4, -0.2) is 61.8 Å². The normalized spacial score (nSPS) is 19.1. The van der Waals surface area contributed by atoms with E-state index in [2.05, 4.69) is 12.1 Å². The van der Waals surface area contributed by atoms with Crippen molar-refractivity contribution in [2.24, 2.45) is 4.99 Å². The van der Waals surface area contributed by atoms with Crippen molar-refractivity contribution in [3.8, 4) is 0 Å². The van der Waals surface area contributed by atoms with Crippen LogP contribution in [0.4, 0.5) is 5.00 Å². The van der Waals surface area contributed by atoms with Gasteiger partial charge in [-0.3, -0.25) is 19.5 Å². The van der Waals surface area contributed by atoms with Crippen molar-refractivity contribution < 1.29 is 14.3 Å². The molecule has 1 saturated heterocycles. The third-order valence-corrected chi connectivity index (χ3v) is 7.33. The first kappa shape index (κ1) is 19.5. The van der Waals surface area contributed by atoms with Crippen molar-refractivity contribution in [2.45, 2.75) is 25.7 Å². The number of benzene rings is 1. The predicted molar refractivity (Wildman–Crippen MR) is 118 cm³/mol. The Morgan fingerprint density at radius 2 is 1.87 bits per heavy atom. The maximum absolute atomic E-state index is 13.1. The summed E-state index contributed by atoms with van der Waals surface area (Å²) in [6.07, 6.45) is 4.37. The van der Waals surface area contributed by atoms with E-state index < -0.39 is 0 Å². The second-order valence-corrected chi connectivity index (χ2v) is 8.98. The molecule has 2 aliphatic heterocycles. The molecule has 1 aliphatic carbocycles. The molecule has 2 amide bonds. The number of thiophene rings is 1. The van der Waals surface area contributed by atoms with Gasteiger partial charge in [0.2, 0.25) is 11.8 Å². The summed E-state index contributed by atoms with van der Waals surface area (Å²) in [5.41, 5.74) is 4.31. The topological polar surface area (TPSA) is 62.2 Å². The molecule has 5 rings (SSSR count). The largest absolute Gasteiger partial charge is 0.378 e. The van der Waals surface area contributed by atoms with Crippen LogP contribution in [0.3, 0.4) is 0 Å². The third kappa shape index (κ3) is 3.56. The maximum atomic E-state index is 13.1. The minimum atomic E-state index is -0.109. The molecule has 0 unspecified atom stereocenters. The fraction of sp³-hybridized carbons (Fsp3) is 0.435. The molecule has 1 aromatic carbocycles. The van der Waals surface area contributed by atoms with Crippen molar-refractivity contribution >= 4 is 33.9 Å². The van der Waals surface area contributed by atoms with Crippen LogP contribution in [0.2, 0.25) is 0 Å². The molecule has 3 heterocycles. The molecule has 7 heteroatoms. The second-order valence-electron chi connectivity index (χ2n) is 7.89. The number of aryl methyl sites for hydroxylation is 1. The lowest BCUT2D eigenvalue weighted by Crippen LogP contribution is -2.47. The summed E-state index contributed by atoms with van der Waals surface area (Å²) in [5.74, 6) is -0.130. The number of rotatable bonds is 3. The van der Waals surface area contributed by atoms with Gasteiger partial charge >= 0.3 is 0 Å². The second kappa shape index (κ2) is 8.32. The van der Waals surface area contributed by atoms with Crippen LogP contribution in [0.25, 0.3) is 0 Å². The van der Waals surface area contributed by atoms with Crippen LogP contribution in [0.15, 0.2) is 35.3 Å². The number of aliphatic imine (C=N–C) groups is 1. The van der Waals surface area contributed by atoms with Gasteiger partial charge in [-0.1, -0.05) is 30.3 Å². The van der Waals surface area contributed by atoms with E-state index in [4.69, 9.17) is 9.73 Å². The van der Waals surface area contributed by atoms with E-state index >= 15 is 0 Å². The van der Waals surface area contributed by atoms with E-state index in [9.17, 15) is 9.59 Å². The van der Waals surface area contributed by atoms with Gasteiger partial charge < -0.3 is 9.64 Å². The van der Waals surface area contributed by atoms with Gasteiger partial charge in [-0.05, 0) is 31.2 Å². The van der Waals surface area contributed by atoms with Gasteiger partial charge in [0.15, 0.2) is 0 Å². The minimum Gasteiger partial charge on any atom is -0.378 e. The van der Waals surface area contributed by atoms with Crippen molar-refractivity contribution in [1.29, 1.82) is 0 Å². The monoisotopic (exact) mass is 423 g/mol. The van der Waals surface area contributed by atoms with Crippen molar-refractivity contribution in [3.63, 3.8) is 0 Å². The average molecular weight is 424 g/mol. The number of ether oxygens (including phenoxy) is 1. The molecule has 1 fully saturated rings. The zero-order valence-corrected chi connectivity index (χ0v) is 17.7. The molecule has 0 bridgehead atoms. The zero-order valence-electron chi connectivity index (χ0n) is 16.9. The van der Waals surface area contributed by atoms with E-state index in [1.807, 2.05) is 18.2 Å². The molecule has 1 aromatic heterocycles. The van der Waals surface area contributed by atoms with Crippen LogP contribution in [0, 0.1) is 0 Å².